The predicted octanol–water partition coefficient (Wildman–Crippen LogP) is 16.3. The zero-order valence-electron chi connectivity index (χ0n) is 33.2. The molecule has 286 valence electrons. The van der Waals surface area contributed by atoms with Crippen LogP contribution in [0.3, 0.4) is 0 Å². The van der Waals surface area contributed by atoms with Crippen molar-refractivity contribution >= 4 is 71.6 Å². The highest BCUT2D eigenvalue weighted by Crippen LogP contribution is 2.40. The second-order valence-electron chi connectivity index (χ2n) is 15.8. The van der Waals surface area contributed by atoms with Crippen LogP contribution in [0.15, 0.2) is 235 Å². The number of furan rings is 1. The molecule has 0 fully saturated rings. The summed E-state index contributed by atoms with van der Waals surface area (Å²) in [7, 11) is 0. The summed E-state index contributed by atoms with van der Waals surface area (Å²) in [6, 6.07) is 83.0. The summed E-state index contributed by atoms with van der Waals surface area (Å²) in [6.07, 6.45) is 0. The van der Waals surface area contributed by atoms with E-state index < -0.39 is 0 Å². The first-order chi connectivity index (χ1) is 30.2. The van der Waals surface area contributed by atoms with E-state index >= 15 is 0 Å². The Morgan fingerprint density at radius 2 is 0.787 bits per heavy atom. The van der Waals surface area contributed by atoms with Gasteiger partial charge in [-0.1, -0.05) is 152 Å². The van der Waals surface area contributed by atoms with E-state index in [1.54, 1.807) is 0 Å². The molecule has 2 heterocycles. The number of hydrogen-bond donors (Lipinski definition) is 0. The zero-order chi connectivity index (χ0) is 40.3. The highest BCUT2D eigenvalue weighted by atomic mass is 16.3. The van der Waals surface area contributed by atoms with Gasteiger partial charge >= 0.3 is 0 Å². The van der Waals surface area contributed by atoms with Gasteiger partial charge in [-0.2, -0.15) is 0 Å². The minimum atomic E-state index is 0.898. The number of aromatic nitrogens is 1. The molecule has 0 unspecified atom stereocenters. The maximum Gasteiger partial charge on any atom is 0.136 e. The average Bonchev–Trinajstić information content (AvgIpc) is 3.88. The number of nitrogens with zero attached hydrogens (tertiary/aromatic N) is 2. The van der Waals surface area contributed by atoms with Crippen molar-refractivity contribution in [2.45, 2.75) is 0 Å². The van der Waals surface area contributed by atoms with Crippen LogP contribution < -0.4 is 4.90 Å². The van der Waals surface area contributed by atoms with Gasteiger partial charge < -0.3 is 13.9 Å². The number of para-hydroxylation sites is 3. The molecule has 0 aliphatic carbocycles. The van der Waals surface area contributed by atoms with Gasteiger partial charge in [0.05, 0.1) is 11.0 Å². The molecule has 0 bridgehead atoms. The van der Waals surface area contributed by atoms with E-state index in [4.69, 9.17) is 4.42 Å². The molecule has 12 rings (SSSR count). The average molecular weight is 779 g/mol. The largest absolute Gasteiger partial charge is 0.456 e. The van der Waals surface area contributed by atoms with E-state index in [2.05, 4.69) is 228 Å². The summed E-state index contributed by atoms with van der Waals surface area (Å²) in [5.41, 5.74) is 15.6. The maximum atomic E-state index is 6.26. The molecule has 0 N–H and O–H groups in total. The first kappa shape index (κ1) is 34.9. The lowest BCUT2D eigenvalue weighted by Gasteiger charge is -2.26. The molecular formula is C58H38N2O. The van der Waals surface area contributed by atoms with Crippen LogP contribution in [0.2, 0.25) is 0 Å². The molecule has 0 amide bonds. The summed E-state index contributed by atoms with van der Waals surface area (Å²) >= 11 is 0. The minimum Gasteiger partial charge on any atom is -0.456 e. The van der Waals surface area contributed by atoms with Crippen molar-refractivity contribution in [3.8, 4) is 39.1 Å². The quantitative estimate of drug-likeness (QED) is 0.161. The molecule has 0 aliphatic heterocycles. The Hall–Kier alpha value is -8.14. The van der Waals surface area contributed by atoms with Gasteiger partial charge in [0.25, 0.3) is 0 Å². The summed E-state index contributed by atoms with van der Waals surface area (Å²) in [5, 5.41) is 7.28. The van der Waals surface area contributed by atoms with E-state index in [9.17, 15) is 0 Å². The number of hydrogen-bond acceptors (Lipinski definition) is 2. The SMILES string of the molecule is c1cc(N(c2ccc(-c3ccc(-c4ccc5ccccc5c4)cc3)cc2)c2ccc(-c3ccc4c(c3)oc3ccccc34)cc2)cc(-n2c3ccccc3c3ccccc32)c1. The van der Waals surface area contributed by atoms with Gasteiger partial charge in [0.2, 0.25) is 0 Å². The van der Waals surface area contributed by atoms with Crippen molar-refractivity contribution in [3.63, 3.8) is 0 Å². The van der Waals surface area contributed by atoms with Crippen LogP contribution in [0.1, 0.15) is 0 Å². The fourth-order valence-electron chi connectivity index (χ4n) is 9.15. The van der Waals surface area contributed by atoms with Crippen LogP contribution in [-0.2, 0) is 0 Å². The summed E-state index contributed by atoms with van der Waals surface area (Å²) in [5.74, 6) is 0. The topological polar surface area (TPSA) is 21.3 Å². The van der Waals surface area contributed by atoms with Crippen LogP contribution in [0.4, 0.5) is 17.1 Å². The summed E-state index contributed by atoms with van der Waals surface area (Å²) in [6.45, 7) is 0. The van der Waals surface area contributed by atoms with Crippen LogP contribution >= 0.6 is 0 Å². The Morgan fingerprint density at radius 1 is 0.295 bits per heavy atom. The van der Waals surface area contributed by atoms with Gasteiger partial charge in [0, 0.05) is 44.3 Å². The molecular weight excluding hydrogens is 741 g/mol. The lowest BCUT2D eigenvalue weighted by Crippen LogP contribution is -2.10. The second-order valence-corrected chi connectivity index (χ2v) is 15.8. The van der Waals surface area contributed by atoms with Crippen LogP contribution in [-0.4, -0.2) is 4.57 Å². The van der Waals surface area contributed by atoms with Gasteiger partial charge in [-0.05, 0) is 123 Å². The molecule has 2 aromatic heterocycles. The van der Waals surface area contributed by atoms with Crippen molar-refractivity contribution in [2.24, 2.45) is 0 Å². The van der Waals surface area contributed by atoms with Gasteiger partial charge in [0.1, 0.15) is 11.2 Å². The van der Waals surface area contributed by atoms with E-state index in [1.807, 2.05) is 12.1 Å². The number of anilines is 3. The van der Waals surface area contributed by atoms with Crippen molar-refractivity contribution in [1.82, 2.24) is 4.57 Å². The molecule has 3 heteroatoms. The smallest absolute Gasteiger partial charge is 0.136 e. The molecule has 0 radical (unpaired) electrons. The molecule has 12 aromatic rings. The van der Waals surface area contributed by atoms with Gasteiger partial charge in [-0.3, -0.25) is 0 Å². The molecule has 10 aromatic carbocycles. The number of rotatable bonds is 7. The first-order valence-corrected chi connectivity index (χ1v) is 20.8. The normalized spacial score (nSPS) is 11.6. The first-order valence-electron chi connectivity index (χ1n) is 20.8. The minimum absolute atomic E-state index is 0.898. The summed E-state index contributed by atoms with van der Waals surface area (Å²) < 4.78 is 8.64. The lowest BCUT2D eigenvalue weighted by atomic mass is 9.98. The third kappa shape index (κ3) is 6.06. The highest BCUT2D eigenvalue weighted by molar-refractivity contribution is 6.09. The zero-order valence-corrected chi connectivity index (χ0v) is 33.2. The predicted molar refractivity (Wildman–Crippen MR) is 257 cm³/mol. The van der Waals surface area contributed by atoms with Gasteiger partial charge in [0.15, 0.2) is 0 Å². The molecule has 0 saturated carbocycles. The highest BCUT2D eigenvalue weighted by Gasteiger charge is 2.17. The van der Waals surface area contributed by atoms with Crippen LogP contribution in [0.5, 0.6) is 0 Å². The fourth-order valence-corrected chi connectivity index (χ4v) is 9.15. The Balaban J connectivity index is 0.927. The molecule has 0 aliphatic rings. The van der Waals surface area contributed by atoms with Gasteiger partial charge in [-0.25, -0.2) is 0 Å². The van der Waals surface area contributed by atoms with E-state index in [0.717, 1.165) is 55.8 Å². The third-order valence-electron chi connectivity index (χ3n) is 12.2. The number of fused-ring (bicyclic) bond motifs is 7. The van der Waals surface area contributed by atoms with Crippen LogP contribution in [0.25, 0.3) is 93.6 Å². The van der Waals surface area contributed by atoms with Crippen LogP contribution in [0, 0.1) is 0 Å². The molecule has 61 heavy (non-hydrogen) atoms. The van der Waals surface area contributed by atoms with Crippen molar-refractivity contribution in [3.05, 3.63) is 231 Å². The lowest BCUT2D eigenvalue weighted by molar-refractivity contribution is 0.669. The Labute approximate surface area is 353 Å². The molecule has 0 saturated heterocycles. The molecule has 3 nitrogen and oxygen atoms in total. The van der Waals surface area contributed by atoms with E-state index in [1.165, 1.54) is 54.8 Å². The van der Waals surface area contributed by atoms with Gasteiger partial charge in [-0.15, -0.1) is 0 Å². The van der Waals surface area contributed by atoms with Crippen molar-refractivity contribution < 1.29 is 4.42 Å². The standard InChI is InChI=1S/C58H38N2O/c1-2-11-44-36-45(25-24-39(44)10-1)42-22-20-40(21-23-42)41-26-31-47(32-27-41)59(48-33-28-43(29-34-48)46-30-35-54-53-16-5-8-19-57(53)61-58(54)37-46)49-12-9-13-50(38-49)60-55-17-6-3-14-51(55)52-15-4-7-18-56(52)60/h1-38H. The molecule has 0 atom stereocenters. The Bertz CT molecular complexity index is 3520. The van der Waals surface area contributed by atoms with Crippen molar-refractivity contribution in [1.29, 1.82) is 0 Å². The number of benzene rings is 10. The Kier molecular flexibility index (Phi) is 8.17. The van der Waals surface area contributed by atoms with Crippen molar-refractivity contribution in [2.75, 3.05) is 4.90 Å². The van der Waals surface area contributed by atoms with E-state index in [0.29, 0.717) is 0 Å². The maximum absolute atomic E-state index is 6.26. The molecule has 0 spiro atoms. The monoisotopic (exact) mass is 778 g/mol. The second kappa shape index (κ2) is 14.3. The Morgan fingerprint density at radius 3 is 1.46 bits per heavy atom. The fraction of sp³-hybridized carbons (Fsp3) is 0. The third-order valence-corrected chi connectivity index (χ3v) is 12.2. The van der Waals surface area contributed by atoms with E-state index in [-0.39, 0.29) is 0 Å². The summed E-state index contributed by atoms with van der Waals surface area (Å²) in [4.78, 5) is 2.36.